The average molecular weight is 369 g/mol. The molecule has 2 atom stereocenters. The average Bonchev–Trinajstić information content (AvgIpc) is 2.58. The highest BCUT2D eigenvalue weighted by Crippen LogP contribution is 2.15. The second-order valence-corrected chi connectivity index (χ2v) is 5.17. The Morgan fingerprint density at radius 1 is 1.15 bits per heavy atom. The van der Waals surface area contributed by atoms with Gasteiger partial charge in [0.1, 0.15) is 11.9 Å². The van der Waals surface area contributed by atoms with Crippen LogP contribution in [-0.2, 0) is 23.9 Å². The predicted octanol–water partition coefficient (Wildman–Crippen LogP) is 1.14. The van der Waals surface area contributed by atoms with Crippen molar-refractivity contribution in [1.82, 2.24) is 5.32 Å². The largest absolute Gasteiger partial charge is 0.480 e. The summed E-state index contributed by atoms with van der Waals surface area (Å²) in [6.45, 7) is 3.07. The van der Waals surface area contributed by atoms with E-state index in [0.29, 0.717) is 0 Å². The first-order valence-electron chi connectivity index (χ1n) is 7.91. The summed E-state index contributed by atoms with van der Waals surface area (Å²) in [7, 11) is 0. The first-order chi connectivity index (χ1) is 12.3. The van der Waals surface area contributed by atoms with Crippen molar-refractivity contribution in [3.63, 3.8) is 0 Å². The lowest BCUT2D eigenvalue weighted by atomic mass is 9.95. The first-order valence-corrected chi connectivity index (χ1v) is 7.91. The van der Waals surface area contributed by atoms with Gasteiger partial charge in [-0.05, 0) is 32.0 Å². The van der Waals surface area contributed by atoms with Crippen LogP contribution in [0.15, 0.2) is 24.3 Å². The number of rotatable bonds is 9. The number of carbonyl (C=O) groups excluding carboxylic acids is 3. The molecule has 0 spiro atoms. The molecule has 0 fully saturated rings. The molecule has 0 saturated carbocycles. The summed E-state index contributed by atoms with van der Waals surface area (Å²) in [5.74, 6) is -6.40. The van der Waals surface area contributed by atoms with Crippen molar-refractivity contribution in [3.05, 3.63) is 35.6 Å². The van der Waals surface area contributed by atoms with Gasteiger partial charge >= 0.3 is 17.9 Å². The monoisotopic (exact) mass is 369 g/mol. The molecule has 1 aromatic rings. The molecule has 0 aromatic heterocycles. The molecule has 1 amide bonds. The number of carbonyl (C=O) groups is 4. The Hall–Kier alpha value is -2.97. The summed E-state index contributed by atoms with van der Waals surface area (Å²) < 4.78 is 22.8. The zero-order valence-electron chi connectivity index (χ0n) is 14.4. The molecule has 0 radical (unpaired) electrons. The van der Waals surface area contributed by atoms with Crippen molar-refractivity contribution in [3.8, 4) is 0 Å². The molecule has 1 rings (SSSR count). The minimum absolute atomic E-state index is 0.0393. The maximum Gasteiger partial charge on any atom is 0.327 e. The molecule has 8 nitrogen and oxygen atoms in total. The Labute approximate surface area is 149 Å². The van der Waals surface area contributed by atoms with Gasteiger partial charge in [0, 0.05) is 5.56 Å². The van der Waals surface area contributed by atoms with Crippen LogP contribution < -0.4 is 5.32 Å². The van der Waals surface area contributed by atoms with E-state index in [1.54, 1.807) is 6.92 Å². The van der Waals surface area contributed by atoms with E-state index in [9.17, 15) is 28.7 Å². The number of esters is 2. The standard InChI is InChI=1S/C17H20FNO7/c1-3-25-13(20)9-12(17(24)26-4-2)14(16(22)23)19-15(21)10-6-5-7-11(18)8-10/h5-8,12,14H,3-4,9H2,1-2H3,(H,19,21)(H,22,23)/t12-,14+/m0/s1. The zero-order valence-corrected chi connectivity index (χ0v) is 14.4. The van der Waals surface area contributed by atoms with Gasteiger partial charge in [0.15, 0.2) is 0 Å². The van der Waals surface area contributed by atoms with E-state index in [2.05, 4.69) is 5.32 Å². The summed E-state index contributed by atoms with van der Waals surface area (Å²) in [4.78, 5) is 47.6. The molecular weight excluding hydrogens is 349 g/mol. The van der Waals surface area contributed by atoms with E-state index in [4.69, 9.17) is 9.47 Å². The number of amides is 1. The third-order valence-corrected chi connectivity index (χ3v) is 3.32. The molecule has 0 heterocycles. The van der Waals surface area contributed by atoms with Crippen LogP contribution in [0.5, 0.6) is 0 Å². The summed E-state index contributed by atoms with van der Waals surface area (Å²) in [5, 5.41) is 11.5. The number of carboxylic acid groups (broad SMARTS) is 1. The number of hydrogen-bond acceptors (Lipinski definition) is 6. The Morgan fingerprint density at radius 2 is 1.81 bits per heavy atom. The van der Waals surface area contributed by atoms with Gasteiger partial charge < -0.3 is 19.9 Å². The van der Waals surface area contributed by atoms with E-state index in [1.807, 2.05) is 0 Å². The van der Waals surface area contributed by atoms with Gasteiger partial charge in [-0.25, -0.2) is 9.18 Å². The number of carboxylic acids is 1. The van der Waals surface area contributed by atoms with Crippen molar-refractivity contribution in [1.29, 1.82) is 0 Å². The van der Waals surface area contributed by atoms with E-state index >= 15 is 0 Å². The van der Waals surface area contributed by atoms with Gasteiger partial charge in [-0.1, -0.05) is 6.07 Å². The Balaban J connectivity index is 3.06. The van der Waals surface area contributed by atoms with Crippen molar-refractivity contribution >= 4 is 23.8 Å². The number of benzene rings is 1. The van der Waals surface area contributed by atoms with Crippen molar-refractivity contribution < 1.29 is 38.1 Å². The highest BCUT2D eigenvalue weighted by Gasteiger charge is 2.38. The number of nitrogens with one attached hydrogen (secondary N) is 1. The number of hydrogen-bond donors (Lipinski definition) is 2. The van der Waals surface area contributed by atoms with Crippen LogP contribution in [0.25, 0.3) is 0 Å². The number of ether oxygens (including phenoxy) is 2. The Kier molecular flexibility index (Phi) is 8.20. The molecule has 0 aliphatic heterocycles. The van der Waals surface area contributed by atoms with E-state index in [-0.39, 0.29) is 18.8 Å². The lowest BCUT2D eigenvalue weighted by Gasteiger charge is -2.22. The highest BCUT2D eigenvalue weighted by atomic mass is 19.1. The molecule has 0 unspecified atom stereocenters. The molecule has 0 bridgehead atoms. The molecule has 0 aliphatic carbocycles. The highest BCUT2D eigenvalue weighted by molar-refractivity contribution is 5.98. The fourth-order valence-corrected chi connectivity index (χ4v) is 2.17. The second kappa shape index (κ2) is 10.1. The maximum atomic E-state index is 13.2. The molecule has 142 valence electrons. The van der Waals surface area contributed by atoms with Gasteiger partial charge in [-0.2, -0.15) is 0 Å². The van der Waals surface area contributed by atoms with Crippen LogP contribution in [0.1, 0.15) is 30.6 Å². The van der Waals surface area contributed by atoms with Gasteiger partial charge in [0.25, 0.3) is 5.91 Å². The van der Waals surface area contributed by atoms with Crippen LogP contribution in [0.3, 0.4) is 0 Å². The minimum Gasteiger partial charge on any atom is -0.480 e. The molecule has 0 saturated heterocycles. The lowest BCUT2D eigenvalue weighted by Crippen LogP contribution is -2.49. The van der Waals surface area contributed by atoms with Gasteiger partial charge in [-0.15, -0.1) is 0 Å². The predicted molar refractivity (Wildman–Crippen MR) is 86.7 cm³/mol. The number of aliphatic carboxylic acids is 1. The second-order valence-electron chi connectivity index (χ2n) is 5.17. The molecule has 2 N–H and O–H groups in total. The smallest absolute Gasteiger partial charge is 0.327 e. The van der Waals surface area contributed by atoms with Crippen LogP contribution in [-0.4, -0.2) is 48.2 Å². The van der Waals surface area contributed by atoms with Crippen molar-refractivity contribution in [2.75, 3.05) is 13.2 Å². The summed E-state index contributed by atoms with van der Waals surface area (Å²) in [5.41, 5.74) is -0.130. The topological polar surface area (TPSA) is 119 Å². The molecule has 1 aromatic carbocycles. The number of halogens is 1. The quantitative estimate of drug-likeness (QED) is 0.627. The summed E-state index contributed by atoms with van der Waals surface area (Å²) >= 11 is 0. The zero-order chi connectivity index (χ0) is 19.7. The van der Waals surface area contributed by atoms with Crippen molar-refractivity contribution in [2.24, 2.45) is 5.92 Å². The Morgan fingerprint density at radius 3 is 2.35 bits per heavy atom. The minimum atomic E-state index is -1.76. The van der Waals surface area contributed by atoms with Crippen molar-refractivity contribution in [2.45, 2.75) is 26.3 Å². The third-order valence-electron chi connectivity index (χ3n) is 3.32. The van der Waals surface area contributed by atoms with Crippen LogP contribution in [0.2, 0.25) is 0 Å². The third kappa shape index (κ3) is 6.15. The molecule has 0 aliphatic rings. The van der Waals surface area contributed by atoms with Gasteiger partial charge in [0.05, 0.1) is 25.6 Å². The normalized spacial score (nSPS) is 12.6. The van der Waals surface area contributed by atoms with Gasteiger partial charge in [-0.3, -0.25) is 14.4 Å². The first kappa shape index (κ1) is 21.1. The van der Waals surface area contributed by atoms with Crippen LogP contribution >= 0.6 is 0 Å². The van der Waals surface area contributed by atoms with E-state index in [1.165, 1.54) is 19.1 Å². The van der Waals surface area contributed by atoms with Crippen LogP contribution in [0.4, 0.5) is 4.39 Å². The van der Waals surface area contributed by atoms with Gasteiger partial charge in [0.2, 0.25) is 0 Å². The van der Waals surface area contributed by atoms with Crippen LogP contribution in [0, 0.1) is 11.7 Å². The fourth-order valence-electron chi connectivity index (χ4n) is 2.17. The summed E-state index contributed by atoms with van der Waals surface area (Å²) in [6, 6.07) is 2.84. The van der Waals surface area contributed by atoms with E-state index < -0.39 is 48.0 Å². The molecule has 26 heavy (non-hydrogen) atoms. The summed E-state index contributed by atoms with van der Waals surface area (Å²) in [6.07, 6.45) is -0.590. The lowest BCUT2D eigenvalue weighted by molar-refractivity contribution is -0.159. The maximum absolute atomic E-state index is 13.2. The Bertz CT molecular complexity index is 677. The molecular formula is C17H20FNO7. The fraction of sp³-hybridized carbons (Fsp3) is 0.412. The SMILES string of the molecule is CCOC(=O)C[C@H](C(=O)OCC)[C@@H](NC(=O)c1cccc(F)c1)C(=O)O. The van der Waals surface area contributed by atoms with E-state index in [0.717, 1.165) is 12.1 Å². The molecule has 9 heteroatoms.